The Labute approximate surface area is 237 Å². The van der Waals surface area contributed by atoms with Crippen molar-refractivity contribution in [1.82, 2.24) is 0 Å². The van der Waals surface area contributed by atoms with Crippen LogP contribution in [0.3, 0.4) is 0 Å². The van der Waals surface area contributed by atoms with Gasteiger partial charge in [-0.15, -0.1) is 11.3 Å². The van der Waals surface area contributed by atoms with Crippen molar-refractivity contribution in [3.8, 4) is 22.3 Å². The summed E-state index contributed by atoms with van der Waals surface area (Å²) in [6.45, 7) is 4.76. The minimum absolute atomic E-state index is 0.0370. The zero-order chi connectivity index (χ0) is 26.6. The summed E-state index contributed by atoms with van der Waals surface area (Å²) in [5, 5.41) is 10.9. The van der Waals surface area contributed by atoms with Gasteiger partial charge in [0.05, 0.1) is 0 Å². The SMILES string of the molecule is CC1(C)c2cccc3ccc4c(-c5cccc(-c6cccc7c6sc6ccccc67)c5)cc5cccc1c5c4c23. The van der Waals surface area contributed by atoms with Gasteiger partial charge in [0.15, 0.2) is 0 Å². The Hall–Kier alpha value is -4.46. The van der Waals surface area contributed by atoms with Crippen molar-refractivity contribution in [2.24, 2.45) is 0 Å². The van der Waals surface area contributed by atoms with E-state index in [1.165, 1.54) is 85.9 Å². The third-order valence-corrected chi connectivity index (χ3v) is 10.4. The highest BCUT2D eigenvalue weighted by Crippen LogP contribution is 2.51. The Morgan fingerprint density at radius 3 is 2.00 bits per heavy atom. The van der Waals surface area contributed by atoms with Gasteiger partial charge in [0.2, 0.25) is 0 Å². The lowest BCUT2D eigenvalue weighted by Crippen LogP contribution is -2.22. The molecule has 0 atom stereocenters. The lowest BCUT2D eigenvalue weighted by Gasteiger charge is -2.34. The highest BCUT2D eigenvalue weighted by atomic mass is 32.1. The molecule has 0 bridgehead atoms. The van der Waals surface area contributed by atoms with Crippen LogP contribution in [0.1, 0.15) is 25.0 Å². The van der Waals surface area contributed by atoms with Gasteiger partial charge >= 0.3 is 0 Å². The average molecular weight is 527 g/mol. The molecule has 7 aromatic carbocycles. The number of benzene rings is 7. The second-order valence-corrected chi connectivity index (χ2v) is 12.8. The van der Waals surface area contributed by atoms with Crippen LogP contribution in [0.2, 0.25) is 0 Å². The van der Waals surface area contributed by atoms with Crippen LogP contribution in [0.25, 0.3) is 74.7 Å². The lowest BCUT2D eigenvalue weighted by atomic mass is 9.69. The standard InChI is InChI=1S/C39H26S/c1-39(2)32-16-6-9-23-19-20-29-31(22-26-12-7-17-33(39)36(26)37(29)35(23)32)25-11-5-10-24(21-25)27-14-8-15-30-28-13-3-4-18-34(28)40-38(27)30/h3-22H,1-2H3. The van der Waals surface area contributed by atoms with Crippen LogP contribution in [0.15, 0.2) is 121 Å². The van der Waals surface area contributed by atoms with Crippen LogP contribution >= 0.6 is 11.3 Å². The molecule has 9 rings (SSSR count). The monoisotopic (exact) mass is 526 g/mol. The summed E-state index contributed by atoms with van der Waals surface area (Å²) in [5.74, 6) is 0. The molecule has 0 saturated heterocycles. The normalized spacial score (nSPS) is 13.9. The quantitative estimate of drug-likeness (QED) is 0.197. The smallest absolute Gasteiger partial charge is 0.0433 e. The Balaban J connectivity index is 1.35. The van der Waals surface area contributed by atoms with E-state index in [9.17, 15) is 0 Å². The predicted molar refractivity (Wildman–Crippen MR) is 175 cm³/mol. The van der Waals surface area contributed by atoms with E-state index < -0.39 is 0 Å². The maximum atomic E-state index is 2.43. The van der Waals surface area contributed by atoms with E-state index in [4.69, 9.17) is 0 Å². The maximum Gasteiger partial charge on any atom is 0.0433 e. The van der Waals surface area contributed by atoms with Crippen molar-refractivity contribution in [1.29, 1.82) is 0 Å². The molecule has 1 aromatic heterocycles. The minimum atomic E-state index is -0.0370. The Morgan fingerprint density at radius 2 is 1.15 bits per heavy atom. The first-order valence-corrected chi connectivity index (χ1v) is 14.8. The summed E-state index contributed by atoms with van der Waals surface area (Å²) < 4.78 is 2.71. The fourth-order valence-electron chi connectivity index (χ4n) is 7.32. The highest BCUT2D eigenvalue weighted by Gasteiger charge is 2.32. The van der Waals surface area contributed by atoms with Crippen molar-refractivity contribution in [2.45, 2.75) is 19.3 Å². The van der Waals surface area contributed by atoms with Crippen molar-refractivity contribution < 1.29 is 0 Å². The van der Waals surface area contributed by atoms with Crippen molar-refractivity contribution in [2.75, 3.05) is 0 Å². The largest absolute Gasteiger partial charge is 0.135 e. The molecule has 0 amide bonds. The van der Waals surface area contributed by atoms with Gasteiger partial charge in [-0.1, -0.05) is 117 Å². The molecule has 0 saturated carbocycles. The Morgan fingerprint density at radius 1 is 0.475 bits per heavy atom. The van der Waals surface area contributed by atoms with Crippen LogP contribution < -0.4 is 0 Å². The van der Waals surface area contributed by atoms with Gasteiger partial charge in [0.25, 0.3) is 0 Å². The molecule has 1 heterocycles. The van der Waals surface area contributed by atoms with Gasteiger partial charge in [-0.05, 0) is 83.9 Å². The molecule has 1 heteroatoms. The second-order valence-electron chi connectivity index (χ2n) is 11.7. The molecule has 0 aliphatic heterocycles. The summed E-state index contributed by atoms with van der Waals surface area (Å²) in [7, 11) is 0. The van der Waals surface area contributed by atoms with Crippen molar-refractivity contribution in [3.63, 3.8) is 0 Å². The minimum Gasteiger partial charge on any atom is -0.135 e. The molecule has 0 radical (unpaired) electrons. The molecule has 40 heavy (non-hydrogen) atoms. The summed E-state index contributed by atoms with van der Waals surface area (Å²) >= 11 is 1.90. The number of hydrogen-bond acceptors (Lipinski definition) is 1. The highest BCUT2D eigenvalue weighted by molar-refractivity contribution is 7.26. The van der Waals surface area contributed by atoms with Crippen LogP contribution in [-0.4, -0.2) is 0 Å². The van der Waals surface area contributed by atoms with E-state index >= 15 is 0 Å². The van der Waals surface area contributed by atoms with Crippen LogP contribution in [0.5, 0.6) is 0 Å². The van der Waals surface area contributed by atoms with Crippen LogP contribution in [0.4, 0.5) is 0 Å². The van der Waals surface area contributed by atoms with E-state index in [1.54, 1.807) is 0 Å². The van der Waals surface area contributed by atoms with Gasteiger partial charge in [0.1, 0.15) is 0 Å². The topological polar surface area (TPSA) is 0 Å². The van der Waals surface area contributed by atoms with Gasteiger partial charge in [-0.25, -0.2) is 0 Å². The number of fused-ring (bicyclic) bond motifs is 3. The van der Waals surface area contributed by atoms with E-state index in [2.05, 4.69) is 135 Å². The summed E-state index contributed by atoms with van der Waals surface area (Å²) in [4.78, 5) is 0. The number of rotatable bonds is 2. The van der Waals surface area contributed by atoms with Gasteiger partial charge in [0, 0.05) is 25.6 Å². The molecular weight excluding hydrogens is 500 g/mol. The number of hydrogen-bond donors (Lipinski definition) is 0. The fraction of sp³-hybridized carbons (Fsp3) is 0.0769. The van der Waals surface area contributed by atoms with E-state index in [-0.39, 0.29) is 5.41 Å². The Bertz CT molecular complexity index is 2320. The van der Waals surface area contributed by atoms with E-state index in [0.717, 1.165) is 0 Å². The first-order valence-electron chi connectivity index (χ1n) is 14.0. The zero-order valence-electron chi connectivity index (χ0n) is 22.5. The molecule has 1 aliphatic rings. The average Bonchev–Trinajstić information content (AvgIpc) is 3.38. The van der Waals surface area contributed by atoms with Gasteiger partial charge in [-0.3, -0.25) is 0 Å². The number of thiophene rings is 1. The molecular formula is C39H26S. The third kappa shape index (κ3) is 2.85. The van der Waals surface area contributed by atoms with Gasteiger partial charge in [-0.2, -0.15) is 0 Å². The summed E-state index contributed by atoms with van der Waals surface area (Å²) in [6, 6.07) is 45.5. The molecule has 0 fully saturated rings. The lowest BCUT2D eigenvalue weighted by molar-refractivity contribution is 0.652. The molecule has 188 valence electrons. The van der Waals surface area contributed by atoms with Crippen molar-refractivity contribution >= 4 is 63.8 Å². The molecule has 8 aromatic rings. The molecule has 1 aliphatic carbocycles. The van der Waals surface area contributed by atoms with Crippen molar-refractivity contribution in [3.05, 3.63) is 132 Å². The van der Waals surface area contributed by atoms with E-state index in [1.807, 2.05) is 11.3 Å². The molecule has 0 nitrogen and oxygen atoms in total. The van der Waals surface area contributed by atoms with Crippen LogP contribution in [-0.2, 0) is 5.41 Å². The fourth-order valence-corrected chi connectivity index (χ4v) is 8.56. The summed E-state index contributed by atoms with van der Waals surface area (Å²) in [6.07, 6.45) is 0. The molecule has 0 spiro atoms. The molecule has 0 N–H and O–H groups in total. The predicted octanol–water partition coefficient (Wildman–Crippen LogP) is 11.5. The maximum absolute atomic E-state index is 2.43. The zero-order valence-corrected chi connectivity index (χ0v) is 23.3. The summed E-state index contributed by atoms with van der Waals surface area (Å²) in [5.41, 5.74) is 7.97. The second kappa shape index (κ2) is 7.81. The first kappa shape index (κ1) is 22.4. The molecule has 0 unspecified atom stereocenters. The van der Waals surface area contributed by atoms with Crippen LogP contribution in [0, 0.1) is 0 Å². The first-order chi connectivity index (χ1) is 19.6. The Kier molecular flexibility index (Phi) is 4.37. The van der Waals surface area contributed by atoms with Gasteiger partial charge < -0.3 is 0 Å². The third-order valence-electron chi connectivity index (χ3n) is 9.22. The van der Waals surface area contributed by atoms with E-state index in [0.29, 0.717) is 0 Å².